The minimum atomic E-state index is -0.282. The highest BCUT2D eigenvalue weighted by Gasteiger charge is 2.27. The highest BCUT2D eigenvalue weighted by molar-refractivity contribution is 6.17. The first-order valence-electron chi connectivity index (χ1n) is 8.73. The van der Waals surface area contributed by atoms with Crippen LogP contribution in [0.15, 0.2) is 18.2 Å². The summed E-state index contributed by atoms with van der Waals surface area (Å²) in [5.41, 5.74) is 0.784. The van der Waals surface area contributed by atoms with Gasteiger partial charge >= 0.3 is 6.03 Å². The van der Waals surface area contributed by atoms with E-state index in [-0.39, 0.29) is 30.4 Å². The Labute approximate surface area is 165 Å². The molecule has 0 saturated carbocycles. The molecule has 1 aromatic carbocycles. The van der Waals surface area contributed by atoms with Crippen LogP contribution in [0.25, 0.3) is 0 Å². The molecule has 1 fully saturated rings. The number of urea groups is 1. The molecule has 0 radical (unpaired) electrons. The van der Waals surface area contributed by atoms with Crippen molar-refractivity contribution < 1.29 is 14.3 Å². The Hall–Kier alpha value is -1.37. The second-order valence-electron chi connectivity index (χ2n) is 6.42. The third-order valence-electron chi connectivity index (χ3n) is 4.72. The Kier molecular flexibility index (Phi) is 8.13. The third-order valence-corrected chi connectivity index (χ3v) is 4.94. The molecule has 0 aliphatic carbocycles. The van der Waals surface area contributed by atoms with Gasteiger partial charge in [0, 0.05) is 12.6 Å². The number of carbonyl (C=O) groups is 1. The lowest BCUT2D eigenvalue weighted by Gasteiger charge is -2.39. The van der Waals surface area contributed by atoms with Crippen LogP contribution in [0.4, 0.5) is 4.79 Å². The van der Waals surface area contributed by atoms with E-state index in [0.717, 1.165) is 24.9 Å². The maximum absolute atomic E-state index is 12.7. The van der Waals surface area contributed by atoms with Crippen molar-refractivity contribution in [1.82, 2.24) is 15.1 Å². The van der Waals surface area contributed by atoms with E-state index < -0.39 is 0 Å². The molecule has 8 heteroatoms. The SMILES string of the molecule is CC(NC(=O)N(C)C1CCCCN1C)c1cccc(OCCl)c1OCCl. The van der Waals surface area contributed by atoms with Crippen molar-refractivity contribution in [2.45, 2.75) is 38.4 Å². The van der Waals surface area contributed by atoms with Crippen molar-refractivity contribution in [2.24, 2.45) is 0 Å². The molecule has 0 aromatic heterocycles. The van der Waals surface area contributed by atoms with Crippen LogP contribution in [0.2, 0.25) is 0 Å². The highest BCUT2D eigenvalue weighted by atomic mass is 35.5. The van der Waals surface area contributed by atoms with Gasteiger partial charge in [0.15, 0.2) is 23.6 Å². The van der Waals surface area contributed by atoms with E-state index in [2.05, 4.69) is 17.3 Å². The molecule has 0 spiro atoms. The molecule has 1 aliphatic rings. The summed E-state index contributed by atoms with van der Waals surface area (Å²) in [7, 11) is 3.88. The number of halogens is 2. The fourth-order valence-electron chi connectivity index (χ4n) is 3.30. The van der Waals surface area contributed by atoms with Gasteiger partial charge in [-0.3, -0.25) is 4.90 Å². The number of ether oxygens (including phenoxy) is 2. The Bertz CT molecular complexity index is 603. The average Bonchev–Trinajstić information content (AvgIpc) is 2.63. The molecule has 146 valence electrons. The number of piperidine rings is 1. The first kappa shape index (κ1) is 20.9. The zero-order chi connectivity index (χ0) is 19.1. The summed E-state index contributed by atoms with van der Waals surface area (Å²) < 4.78 is 10.9. The fraction of sp³-hybridized carbons (Fsp3) is 0.611. The van der Waals surface area contributed by atoms with Gasteiger partial charge in [-0.15, -0.1) is 0 Å². The Morgan fingerprint density at radius 3 is 2.73 bits per heavy atom. The van der Waals surface area contributed by atoms with Gasteiger partial charge in [-0.25, -0.2) is 4.79 Å². The van der Waals surface area contributed by atoms with Crippen molar-refractivity contribution in [3.63, 3.8) is 0 Å². The normalized spacial score (nSPS) is 18.9. The highest BCUT2D eigenvalue weighted by Crippen LogP contribution is 2.35. The first-order chi connectivity index (χ1) is 12.5. The summed E-state index contributed by atoms with van der Waals surface area (Å²) in [4.78, 5) is 16.7. The van der Waals surface area contributed by atoms with Gasteiger partial charge in [-0.1, -0.05) is 35.3 Å². The van der Waals surface area contributed by atoms with Gasteiger partial charge in [0.1, 0.15) is 0 Å². The molecule has 2 unspecified atom stereocenters. The maximum Gasteiger partial charge on any atom is 0.318 e. The Morgan fingerprint density at radius 1 is 1.35 bits per heavy atom. The van der Waals surface area contributed by atoms with Crippen molar-refractivity contribution >= 4 is 29.2 Å². The van der Waals surface area contributed by atoms with E-state index in [1.165, 1.54) is 6.42 Å². The molecule has 1 heterocycles. The molecule has 1 N–H and O–H groups in total. The number of nitrogens with one attached hydrogen (secondary N) is 1. The molecular formula is C18H27Cl2N3O3. The Balaban J connectivity index is 2.12. The van der Waals surface area contributed by atoms with E-state index in [1.807, 2.05) is 26.1 Å². The number of hydrogen-bond acceptors (Lipinski definition) is 4. The number of rotatable bonds is 7. The largest absolute Gasteiger partial charge is 0.474 e. The molecule has 6 nitrogen and oxygen atoms in total. The molecule has 2 amide bonds. The van der Waals surface area contributed by atoms with Crippen LogP contribution in [0.3, 0.4) is 0 Å². The average molecular weight is 404 g/mol. The summed E-state index contributed by atoms with van der Waals surface area (Å²) in [6.07, 6.45) is 3.40. The standard InChI is InChI=1S/C18H27Cl2N3O3/c1-13(14-7-6-8-15(25-11-19)17(14)26-12-20)21-18(24)23(3)16-9-4-5-10-22(16)2/h6-8,13,16H,4-5,9-12H2,1-3H3,(H,21,24). The predicted molar refractivity (Wildman–Crippen MR) is 104 cm³/mol. The van der Waals surface area contributed by atoms with E-state index >= 15 is 0 Å². The first-order valence-corrected chi connectivity index (χ1v) is 9.80. The number of para-hydroxylation sites is 1. The number of likely N-dealkylation sites (tertiary alicyclic amines) is 1. The summed E-state index contributed by atoms with van der Waals surface area (Å²) in [5.74, 6) is 0.994. The van der Waals surface area contributed by atoms with E-state index in [1.54, 1.807) is 11.0 Å². The molecule has 1 aliphatic heterocycles. The van der Waals surface area contributed by atoms with Crippen LogP contribution in [0, 0.1) is 0 Å². The molecule has 2 rings (SSSR count). The molecule has 0 bridgehead atoms. The summed E-state index contributed by atoms with van der Waals surface area (Å²) in [6.45, 7) is 2.90. The number of amides is 2. The molecule has 26 heavy (non-hydrogen) atoms. The number of alkyl halides is 2. The van der Waals surface area contributed by atoms with Crippen LogP contribution in [-0.2, 0) is 0 Å². The van der Waals surface area contributed by atoms with Crippen LogP contribution in [-0.4, -0.2) is 54.8 Å². The topological polar surface area (TPSA) is 54.0 Å². The quantitative estimate of drug-likeness (QED) is 0.699. The number of nitrogens with zero attached hydrogens (tertiary/aromatic N) is 2. The zero-order valence-corrected chi connectivity index (χ0v) is 17.0. The molecule has 1 saturated heterocycles. The minimum absolute atomic E-state index is 0.000405. The lowest BCUT2D eigenvalue weighted by molar-refractivity contribution is 0.0697. The minimum Gasteiger partial charge on any atom is -0.474 e. The number of carbonyl (C=O) groups excluding carboxylic acids is 1. The van der Waals surface area contributed by atoms with Crippen LogP contribution < -0.4 is 14.8 Å². The summed E-state index contributed by atoms with van der Waals surface area (Å²) in [5, 5.41) is 3.03. The Morgan fingerprint density at radius 2 is 2.08 bits per heavy atom. The molecule has 2 atom stereocenters. The van der Waals surface area contributed by atoms with Crippen molar-refractivity contribution in [3.05, 3.63) is 23.8 Å². The summed E-state index contributed by atoms with van der Waals surface area (Å²) in [6, 6.07) is 5.03. The van der Waals surface area contributed by atoms with Crippen LogP contribution in [0.1, 0.15) is 37.8 Å². The van der Waals surface area contributed by atoms with Gasteiger partial charge in [0.2, 0.25) is 0 Å². The second kappa shape index (κ2) is 10.1. The fourth-order valence-corrected chi connectivity index (χ4v) is 3.53. The number of benzene rings is 1. The molecule has 1 aromatic rings. The second-order valence-corrected chi connectivity index (χ2v) is 6.86. The van der Waals surface area contributed by atoms with Gasteiger partial charge in [0.25, 0.3) is 0 Å². The smallest absolute Gasteiger partial charge is 0.318 e. The van der Waals surface area contributed by atoms with Crippen molar-refractivity contribution in [1.29, 1.82) is 0 Å². The van der Waals surface area contributed by atoms with Crippen molar-refractivity contribution in [2.75, 3.05) is 32.8 Å². The lowest BCUT2D eigenvalue weighted by atomic mass is 10.1. The lowest BCUT2D eigenvalue weighted by Crippen LogP contribution is -2.52. The van der Waals surface area contributed by atoms with Crippen LogP contribution >= 0.6 is 23.2 Å². The maximum atomic E-state index is 12.7. The summed E-state index contributed by atoms with van der Waals surface area (Å²) >= 11 is 11.4. The van der Waals surface area contributed by atoms with Gasteiger partial charge < -0.3 is 19.7 Å². The zero-order valence-electron chi connectivity index (χ0n) is 15.5. The van der Waals surface area contributed by atoms with Crippen molar-refractivity contribution in [3.8, 4) is 11.5 Å². The van der Waals surface area contributed by atoms with Crippen LogP contribution in [0.5, 0.6) is 11.5 Å². The number of hydrogen-bond donors (Lipinski definition) is 1. The predicted octanol–water partition coefficient (Wildman–Crippen LogP) is 3.98. The third kappa shape index (κ3) is 5.09. The van der Waals surface area contributed by atoms with E-state index in [4.69, 9.17) is 32.7 Å². The van der Waals surface area contributed by atoms with Gasteiger partial charge in [-0.05, 0) is 45.8 Å². The van der Waals surface area contributed by atoms with E-state index in [9.17, 15) is 4.79 Å². The van der Waals surface area contributed by atoms with E-state index in [0.29, 0.717) is 11.5 Å². The monoisotopic (exact) mass is 403 g/mol. The van der Waals surface area contributed by atoms with Gasteiger partial charge in [-0.2, -0.15) is 0 Å². The van der Waals surface area contributed by atoms with Gasteiger partial charge in [0.05, 0.1) is 12.2 Å². The molecular weight excluding hydrogens is 377 g/mol.